The first-order chi connectivity index (χ1) is 17.5. The third-order valence-electron chi connectivity index (χ3n) is 5.56. The molecule has 9 heteroatoms. The Labute approximate surface area is 210 Å². The molecule has 0 bridgehead atoms. The number of H-pyrrole nitrogens is 1. The van der Waals surface area contributed by atoms with Crippen LogP contribution in [0.1, 0.15) is 0 Å². The van der Waals surface area contributed by atoms with Gasteiger partial charge in [0, 0.05) is 11.8 Å². The maximum atomic E-state index is 14.0. The van der Waals surface area contributed by atoms with E-state index in [2.05, 4.69) is 10.3 Å². The molecule has 0 aliphatic carbocycles. The number of aromatic nitrogens is 3. The Bertz CT molecular complexity index is 1600. The first-order valence-electron chi connectivity index (χ1n) is 11.1. The van der Waals surface area contributed by atoms with Gasteiger partial charge in [-0.25, -0.2) is 9.37 Å². The van der Waals surface area contributed by atoms with Crippen LogP contribution in [0.4, 0.5) is 10.1 Å². The molecule has 1 amide bonds. The Morgan fingerprint density at radius 2 is 1.78 bits per heavy atom. The highest BCUT2D eigenvalue weighted by Gasteiger charge is 2.19. The van der Waals surface area contributed by atoms with Crippen LogP contribution in [0.3, 0.4) is 0 Å². The van der Waals surface area contributed by atoms with Gasteiger partial charge in [-0.05, 0) is 42.0 Å². The molecule has 0 aliphatic rings. The Balaban J connectivity index is 1.56. The summed E-state index contributed by atoms with van der Waals surface area (Å²) >= 11 is 1.09. The summed E-state index contributed by atoms with van der Waals surface area (Å²) < 4.78 is 20.7. The van der Waals surface area contributed by atoms with E-state index in [1.54, 1.807) is 49.7 Å². The summed E-state index contributed by atoms with van der Waals surface area (Å²) in [6.45, 7) is 0. The largest absolute Gasteiger partial charge is 0.497 e. The number of methoxy groups -OCH3 is 1. The lowest BCUT2D eigenvalue weighted by molar-refractivity contribution is -0.113. The number of halogens is 1. The number of aromatic amines is 1. The number of thioether (sulfide) groups is 1. The van der Waals surface area contributed by atoms with Crippen molar-refractivity contribution in [2.75, 3.05) is 18.2 Å². The molecule has 5 rings (SSSR count). The second-order valence-corrected chi connectivity index (χ2v) is 8.78. The number of ether oxygens (including phenoxy) is 1. The van der Waals surface area contributed by atoms with E-state index in [-0.39, 0.29) is 17.0 Å². The Hall–Kier alpha value is -4.37. The summed E-state index contributed by atoms with van der Waals surface area (Å²) in [7, 11) is 1.56. The van der Waals surface area contributed by atoms with E-state index in [1.165, 1.54) is 16.7 Å². The monoisotopic (exact) mass is 500 g/mol. The predicted molar refractivity (Wildman–Crippen MR) is 139 cm³/mol. The van der Waals surface area contributed by atoms with Crippen molar-refractivity contribution in [1.82, 2.24) is 14.5 Å². The molecular formula is C27H21FN4O3S. The minimum Gasteiger partial charge on any atom is -0.497 e. The molecule has 0 aliphatic heterocycles. The van der Waals surface area contributed by atoms with E-state index in [1.807, 2.05) is 30.3 Å². The quantitative estimate of drug-likeness (QED) is 0.235. The molecular weight excluding hydrogens is 479 g/mol. The minimum absolute atomic E-state index is 0.0759. The van der Waals surface area contributed by atoms with Gasteiger partial charge in [0.1, 0.15) is 22.6 Å². The molecule has 7 nitrogen and oxygen atoms in total. The third kappa shape index (κ3) is 4.60. The van der Waals surface area contributed by atoms with E-state index in [0.29, 0.717) is 27.6 Å². The van der Waals surface area contributed by atoms with Crippen molar-refractivity contribution in [3.05, 3.63) is 101 Å². The molecule has 180 valence electrons. The number of nitrogens with one attached hydrogen (secondary N) is 2. The summed E-state index contributed by atoms with van der Waals surface area (Å²) in [5.41, 5.74) is 2.91. The number of nitrogens with zero attached hydrogens (tertiary/aromatic N) is 2. The number of amides is 1. The normalized spacial score (nSPS) is 10.9. The Morgan fingerprint density at radius 1 is 1.06 bits per heavy atom. The number of rotatable bonds is 7. The summed E-state index contributed by atoms with van der Waals surface area (Å²) in [5.74, 6) is -0.373. The van der Waals surface area contributed by atoms with Gasteiger partial charge in [-0.2, -0.15) is 0 Å². The second kappa shape index (κ2) is 10.1. The highest BCUT2D eigenvalue weighted by molar-refractivity contribution is 7.99. The summed E-state index contributed by atoms with van der Waals surface area (Å²) in [6, 6.07) is 22.6. The van der Waals surface area contributed by atoms with Crippen LogP contribution < -0.4 is 15.6 Å². The van der Waals surface area contributed by atoms with Gasteiger partial charge in [0.25, 0.3) is 5.56 Å². The molecule has 2 heterocycles. The first-order valence-corrected chi connectivity index (χ1v) is 12.0. The fourth-order valence-corrected chi connectivity index (χ4v) is 4.62. The van der Waals surface area contributed by atoms with Crippen molar-refractivity contribution in [3.8, 4) is 22.6 Å². The van der Waals surface area contributed by atoms with Crippen molar-refractivity contribution in [2.45, 2.75) is 5.16 Å². The highest BCUT2D eigenvalue weighted by atomic mass is 32.2. The second-order valence-electron chi connectivity index (χ2n) is 7.84. The van der Waals surface area contributed by atoms with Gasteiger partial charge in [-0.3, -0.25) is 14.2 Å². The molecule has 36 heavy (non-hydrogen) atoms. The van der Waals surface area contributed by atoms with Crippen LogP contribution in [0.15, 0.2) is 95.0 Å². The van der Waals surface area contributed by atoms with Crippen molar-refractivity contribution in [3.63, 3.8) is 0 Å². The lowest BCUT2D eigenvalue weighted by atomic mass is 10.1. The average molecular weight is 501 g/mol. The van der Waals surface area contributed by atoms with E-state index in [0.717, 1.165) is 22.9 Å². The maximum Gasteiger partial charge on any atom is 0.283 e. The van der Waals surface area contributed by atoms with Gasteiger partial charge in [0.05, 0.1) is 24.2 Å². The molecule has 5 aromatic rings. The zero-order chi connectivity index (χ0) is 25.1. The topological polar surface area (TPSA) is 89.0 Å². The number of hydrogen-bond acceptors (Lipinski definition) is 5. The van der Waals surface area contributed by atoms with Gasteiger partial charge < -0.3 is 15.0 Å². The Morgan fingerprint density at radius 3 is 2.50 bits per heavy atom. The fraction of sp³-hybridized carbons (Fsp3) is 0.0741. The number of carbonyl (C=O) groups is 1. The fourth-order valence-electron chi connectivity index (χ4n) is 3.81. The standard InChI is InChI=1S/C27H21FN4O3S/c1-35-19-13-11-18(12-14-19)32-26(34)25-24(20(15-29-25)17-7-3-2-4-8-17)31-27(32)36-16-23(33)30-22-10-6-5-9-21(22)28/h2-15,29H,16H2,1H3,(H,30,33). The molecule has 0 atom stereocenters. The minimum atomic E-state index is -0.523. The van der Waals surface area contributed by atoms with E-state index >= 15 is 0 Å². The van der Waals surface area contributed by atoms with Gasteiger partial charge >= 0.3 is 0 Å². The van der Waals surface area contributed by atoms with E-state index in [9.17, 15) is 14.0 Å². The first kappa shape index (κ1) is 23.4. The van der Waals surface area contributed by atoms with Crippen LogP contribution in [-0.4, -0.2) is 33.3 Å². The van der Waals surface area contributed by atoms with Gasteiger partial charge in [-0.15, -0.1) is 0 Å². The zero-order valence-electron chi connectivity index (χ0n) is 19.2. The van der Waals surface area contributed by atoms with Crippen LogP contribution in [0.5, 0.6) is 5.75 Å². The summed E-state index contributed by atoms with van der Waals surface area (Å²) in [5, 5.41) is 2.90. The summed E-state index contributed by atoms with van der Waals surface area (Å²) in [4.78, 5) is 34.1. The maximum absolute atomic E-state index is 14.0. The molecule has 0 fully saturated rings. The van der Waals surface area contributed by atoms with Crippen LogP contribution in [0.2, 0.25) is 0 Å². The number of carbonyl (C=O) groups excluding carboxylic acids is 1. The smallest absolute Gasteiger partial charge is 0.283 e. The molecule has 2 N–H and O–H groups in total. The molecule has 0 saturated carbocycles. The number of hydrogen-bond donors (Lipinski definition) is 2. The third-order valence-corrected chi connectivity index (χ3v) is 6.50. The van der Waals surface area contributed by atoms with Crippen LogP contribution in [0, 0.1) is 5.82 Å². The number of para-hydroxylation sites is 1. The lowest BCUT2D eigenvalue weighted by Crippen LogP contribution is -2.23. The van der Waals surface area contributed by atoms with Gasteiger partial charge in [-0.1, -0.05) is 54.2 Å². The molecule has 0 radical (unpaired) electrons. The molecule has 2 aromatic heterocycles. The Kier molecular flexibility index (Phi) is 6.55. The number of fused-ring (bicyclic) bond motifs is 1. The molecule has 0 spiro atoms. The van der Waals surface area contributed by atoms with E-state index in [4.69, 9.17) is 9.72 Å². The molecule has 0 unspecified atom stereocenters. The van der Waals surface area contributed by atoms with Crippen LogP contribution >= 0.6 is 11.8 Å². The van der Waals surface area contributed by atoms with Crippen LogP contribution in [-0.2, 0) is 4.79 Å². The van der Waals surface area contributed by atoms with Gasteiger partial charge in [0.15, 0.2) is 5.16 Å². The lowest BCUT2D eigenvalue weighted by Gasteiger charge is -2.13. The van der Waals surface area contributed by atoms with Crippen molar-refractivity contribution in [1.29, 1.82) is 0 Å². The van der Waals surface area contributed by atoms with Crippen LogP contribution in [0.25, 0.3) is 27.8 Å². The van der Waals surface area contributed by atoms with Crippen molar-refractivity contribution in [2.24, 2.45) is 0 Å². The van der Waals surface area contributed by atoms with Crippen molar-refractivity contribution < 1.29 is 13.9 Å². The zero-order valence-corrected chi connectivity index (χ0v) is 20.0. The number of benzene rings is 3. The highest BCUT2D eigenvalue weighted by Crippen LogP contribution is 2.29. The SMILES string of the molecule is COc1ccc(-n2c(SCC(=O)Nc3ccccc3F)nc3c(-c4ccccc4)c[nH]c3c2=O)cc1. The van der Waals surface area contributed by atoms with Crippen molar-refractivity contribution >= 4 is 34.4 Å². The molecule has 3 aromatic carbocycles. The predicted octanol–water partition coefficient (Wildman–Crippen LogP) is 5.26. The average Bonchev–Trinajstić information content (AvgIpc) is 3.34. The van der Waals surface area contributed by atoms with Gasteiger partial charge in [0.2, 0.25) is 5.91 Å². The van der Waals surface area contributed by atoms with E-state index < -0.39 is 11.7 Å². The molecule has 0 saturated heterocycles. The number of anilines is 1. The summed E-state index contributed by atoms with van der Waals surface area (Å²) in [6.07, 6.45) is 1.76.